The summed E-state index contributed by atoms with van der Waals surface area (Å²) in [6.45, 7) is 3.83. The van der Waals surface area contributed by atoms with Crippen LogP contribution in [0, 0.1) is 0 Å². The molecule has 1 aromatic carbocycles. The lowest BCUT2D eigenvalue weighted by atomic mass is 10.0. The van der Waals surface area contributed by atoms with Gasteiger partial charge in [-0.2, -0.15) is 0 Å². The van der Waals surface area contributed by atoms with Crippen molar-refractivity contribution in [2.24, 2.45) is 0 Å². The molecule has 0 radical (unpaired) electrons. The fourth-order valence-corrected chi connectivity index (χ4v) is 4.00. The third kappa shape index (κ3) is 4.08. The topological polar surface area (TPSA) is 61.3 Å². The average Bonchev–Trinajstić information content (AvgIpc) is 3.37. The summed E-state index contributed by atoms with van der Waals surface area (Å²) in [5, 5.41) is 5.08. The molecule has 3 aromatic rings. The van der Waals surface area contributed by atoms with Gasteiger partial charge in [-0.1, -0.05) is 18.2 Å². The van der Waals surface area contributed by atoms with Gasteiger partial charge in [-0.15, -0.1) is 0 Å². The van der Waals surface area contributed by atoms with E-state index in [0.29, 0.717) is 17.8 Å². The second-order valence-electron chi connectivity index (χ2n) is 7.51. The van der Waals surface area contributed by atoms with E-state index >= 15 is 0 Å². The van der Waals surface area contributed by atoms with Gasteiger partial charge in [0.1, 0.15) is 0 Å². The molecule has 1 saturated heterocycles. The number of aromatic nitrogens is 1. The Bertz CT molecular complexity index is 876. The quantitative estimate of drug-likeness (QED) is 0.695. The Morgan fingerprint density at radius 1 is 1.26 bits per heavy atom. The number of para-hydroxylation sites is 1. The van der Waals surface area contributed by atoms with Gasteiger partial charge in [-0.25, -0.2) is 0 Å². The lowest BCUT2D eigenvalue weighted by Crippen LogP contribution is -2.47. The van der Waals surface area contributed by atoms with Crippen molar-refractivity contribution in [2.75, 3.05) is 13.1 Å². The molecule has 0 bridgehead atoms. The van der Waals surface area contributed by atoms with Gasteiger partial charge in [0, 0.05) is 42.3 Å². The van der Waals surface area contributed by atoms with Gasteiger partial charge in [-0.3, -0.25) is 4.79 Å². The van der Waals surface area contributed by atoms with Crippen LogP contribution in [0.1, 0.15) is 42.3 Å². The second-order valence-corrected chi connectivity index (χ2v) is 7.51. The second kappa shape index (κ2) is 8.01. The number of fused-ring (bicyclic) bond motifs is 1. The molecule has 27 heavy (non-hydrogen) atoms. The van der Waals surface area contributed by atoms with Gasteiger partial charge in [0.2, 0.25) is 0 Å². The van der Waals surface area contributed by atoms with Gasteiger partial charge < -0.3 is 19.6 Å². The minimum absolute atomic E-state index is 0.00540. The first-order chi connectivity index (χ1) is 13.2. The van der Waals surface area contributed by atoms with E-state index in [1.165, 1.54) is 16.5 Å². The van der Waals surface area contributed by atoms with Gasteiger partial charge in [0.05, 0.1) is 6.26 Å². The Hall–Kier alpha value is -2.53. The summed E-state index contributed by atoms with van der Waals surface area (Å²) in [6, 6.07) is 12.9. The third-order valence-electron chi connectivity index (χ3n) is 5.56. The van der Waals surface area contributed by atoms with E-state index in [4.69, 9.17) is 4.42 Å². The van der Waals surface area contributed by atoms with Crippen LogP contribution in [0.2, 0.25) is 0 Å². The zero-order valence-corrected chi connectivity index (χ0v) is 15.8. The van der Waals surface area contributed by atoms with Gasteiger partial charge >= 0.3 is 0 Å². The highest BCUT2D eigenvalue weighted by molar-refractivity contribution is 5.91. The van der Waals surface area contributed by atoms with Crippen molar-refractivity contribution in [2.45, 2.75) is 44.7 Å². The number of likely N-dealkylation sites (tertiary alicyclic amines) is 1. The zero-order chi connectivity index (χ0) is 18.6. The van der Waals surface area contributed by atoms with Crippen LogP contribution in [0.15, 0.2) is 53.3 Å². The van der Waals surface area contributed by atoms with E-state index in [0.717, 1.165) is 38.8 Å². The van der Waals surface area contributed by atoms with Gasteiger partial charge in [0.25, 0.3) is 5.91 Å². The third-order valence-corrected chi connectivity index (χ3v) is 5.56. The average molecular weight is 365 g/mol. The van der Waals surface area contributed by atoms with Gasteiger partial charge in [0.15, 0.2) is 5.76 Å². The number of carbonyl (C=O) groups excluding carboxylic acids is 1. The number of amides is 1. The minimum atomic E-state index is 0.00540. The van der Waals surface area contributed by atoms with Crippen molar-refractivity contribution in [3.63, 3.8) is 0 Å². The molecular weight excluding hydrogens is 338 g/mol. The Morgan fingerprint density at radius 2 is 2.07 bits per heavy atom. The van der Waals surface area contributed by atoms with Crippen molar-refractivity contribution >= 4 is 16.8 Å². The number of aryl methyl sites for hydroxylation is 1. The van der Waals surface area contributed by atoms with E-state index in [9.17, 15) is 4.79 Å². The van der Waals surface area contributed by atoms with Crippen LogP contribution in [0.25, 0.3) is 10.9 Å². The Balaban J connectivity index is 1.23. The number of carbonyl (C=O) groups is 1. The smallest absolute Gasteiger partial charge is 0.289 e. The van der Waals surface area contributed by atoms with Crippen LogP contribution in [0.5, 0.6) is 0 Å². The first-order valence-corrected chi connectivity index (χ1v) is 9.84. The molecule has 0 unspecified atom stereocenters. The molecule has 1 amide bonds. The maximum absolute atomic E-state index is 12.3. The molecule has 0 saturated carbocycles. The van der Waals surface area contributed by atoms with Crippen LogP contribution in [-0.2, 0) is 6.42 Å². The molecule has 1 aliphatic heterocycles. The van der Waals surface area contributed by atoms with Crippen molar-refractivity contribution in [3.8, 4) is 0 Å². The number of H-pyrrole nitrogens is 1. The van der Waals surface area contributed by atoms with Crippen LogP contribution in [0.4, 0.5) is 0 Å². The molecule has 1 aliphatic rings. The molecule has 3 heterocycles. The van der Waals surface area contributed by atoms with Crippen molar-refractivity contribution < 1.29 is 9.21 Å². The molecule has 5 nitrogen and oxygen atoms in total. The molecule has 0 aliphatic carbocycles. The highest BCUT2D eigenvalue weighted by Crippen LogP contribution is 2.20. The van der Waals surface area contributed by atoms with E-state index in [2.05, 4.69) is 47.7 Å². The normalized spacial score (nSPS) is 16.7. The van der Waals surface area contributed by atoms with Crippen molar-refractivity contribution in [1.82, 2.24) is 15.2 Å². The van der Waals surface area contributed by atoms with Crippen LogP contribution in [0.3, 0.4) is 0 Å². The predicted octanol–water partition coefficient (Wildman–Crippen LogP) is 3.98. The molecular formula is C22H27N3O2. The molecule has 1 atom stereocenters. The summed E-state index contributed by atoms with van der Waals surface area (Å²) in [4.78, 5) is 17.6. The Kier molecular flexibility index (Phi) is 5.30. The van der Waals surface area contributed by atoms with E-state index < -0.39 is 0 Å². The molecule has 142 valence electrons. The predicted molar refractivity (Wildman–Crippen MR) is 107 cm³/mol. The van der Waals surface area contributed by atoms with E-state index in [1.54, 1.807) is 18.4 Å². The molecule has 2 N–H and O–H groups in total. The standard InChI is InChI=1S/C22H27N3O2/c1-16(8-9-17-15-23-20-6-3-2-5-19(17)20)24-18-10-12-25(13-11-18)22(26)21-7-4-14-27-21/h2-7,14-16,18,23-24H,8-13H2,1H3/t16-/m1/s1. The number of benzene rings is 1. The largest absolute Gasteiger partial charge is 0.459 e. The number of nitrogens with zero attached hydrogens (tertiary/aromatic N) is 1. The molecule has 4 rings (SSSR count). The number of nitrogens with one attached hydrogen (secondary N) is 2. The first kappa shape index (κ1) is 17.9. The van der Waals surface area contributed by atoms with Gasteiger partial charge in [-0.05, 0) is 56.4 Å². The summed E-state index contributed by atoms with van der Waals surface area (Å²) in [5.74, 6) is 0.444. The maximum Gasteiger partial charge on any atom is 0.289 e. The summed E-state index contributed by atoms with van der Waals surface area (Å²) in [7, 11) is 0. The number of piperidine rings is 1. The lowest BCUT2D eigenvalue weighted by molar-refractivity contribution is 0.0670. The summed E-state index contributed by atoms with van der Waals surface area (Å²) >= 11 is 0. The first-order valence-electron chi connectivity index (χ1n) is 9.84. The molecule has 0 spiro atoms. The summed E-state index contributed by atoms with van der Waals surface area (Å²) in [5.41, 5.74) is 2.60. The monoisotopic (exact) mass is 365 g/mol. The summed E-state index contributed by atoms with van der Waals surface area (Å²) in [6.07, 6.45) is 7.84. The fraction of sp³-hybridized carbons (Fsp3) is 0.409. The molecule has 5 heteroatoms. The fourth-order valence-electron chi connectivity index (χ4n) is 4.00. The molecule has 1 fully saturated rings. The highest BCUT2D eigenvalue weighted by Gasteiger charge is 2.25. The van der Waals surface area contributed by atoms with E-state index in [1.807, 2.05) is 4.90 Å². The number of furan rings is 1. The molecule has 2 aromatic heterocycles. The van der Waals surface area contributed by atoms with Crippen molar-refractivity contribution in [1.29, 1.82) is 0 Å². The SMILES string of the molecule is C[C@H](CCc1c[nH]c2ccccc12)NC1CCN(C(=O)c2ccco2)CC1. The number of hydrogen-bond acceptors (Lipinski definition) is 3. The Labute approximate surface area is 159 Å². The van der Waals surface area contributed by atoms with Crippen LogP contribution >= 0.6 is 0 Å². The minimum Gasteiger partial charge on any atom is -0.459 e. The number of rotatable bonds is 6. The maximum atomic E-state index is 12.3. The van der Waals surface area contributed by atoms with Crippen LogP contribution < -0.4 is 5.32 Å². The van der Waals surface area contributed by atoms with E-state index in [-0.39, 0.29) is 5.91 Å². The van der Waals surface area contributed by atoms with Crippen LogP contribution in [-0.4, -0.2) is 41.0 Å². The summed E-state index contributed by atoms with van der Waals surface area (Å²) < 4.78 is 5.23. The number of aromatic amines is 1. The lowest BCUT2D eigenvalue weighted by Gasteiger charge is -2.33. The van der Waals surface area contributed by atoms with Crippen molar-refractivity contribution in [3.05, 3.63) is 60.2 Å². The Morgan fingerprint density at radius 3 is 2.85 bits per heavy atom. The number of hydrogen-bond donors (Lipinski definition) is 2. The highest BCUT2D eigenvalue weighted by atomic mass is 16.3. The zero-order valence-electron chi connectivity index (χ0n) is 15.8.